The summed E-state index contributed by atoms with van der Waals surface area (Å²) >= 11 is 0. The van der Waals surface area contributed by atoms with Crippen LogP contribution in [0.5, 0.6) is 0 Å². The van der Waals surface area contributed by atoms with Crippen molar-refractivity contribution in [3.05, 3.63) is 17.0 Å². The van der Waals surface area contributed by atoms with Crippen LogP contribution < -0.4 is 10.6 Å². The molecule has 0 aliphatic carbocycles. The van der Waals surface area contributed by atoms with Crippen molar-refractivity contribution in [2.24, 2.45) is 5.41 Å². The first-order chi connectivity index (χ1) is 9.12. The molecule has 1 aromatic rings. The fourth-order valence-electron chi connectivity index (χ4n) is 1.75. The summed E-state index contributed by atoms with van der Waals surface area (Å²) < 4.78 is 4.99. The minimum Gasteiger partial charge on any atom is -0.480 e. The highest BCUT2D eigenvalue weighted by Crippen LogP contribution is 2.19. The Morgan fingerprint density at radius 1 is 1.35 bits per heavy atom. The molecule has 0 bridgehead atoms. The quantitative estimate of drug-likeness (QED) is 0.778. The average Bonchev–Trinajstić information content (AvgIpc) is 2.61. The van der Waals surface area contributed by atoms with Gasteiger partial charge in [0.25, 0.3) is 0 Å². The van der Waals surface area contributed by atoms with Gasteiger partial charge in [-0.2, -0.15) is 0 Å². The molecule has 1 heterocycles. The summed E-state index contributed by atoms with van der Waals surface area (Å²) in [5.74, 6) is -0.432. The summed E-state index contributed by atoms with van der Waals surface area (Å²) in [7, 11) is 0. The Labute approximate surface area is 117 Å². The van der Waals surface area contributed by atoms with Crippen molar-refractivity contribution >= 4 is 12.0 Å². The van der Waals surface area contributed by atoms with Gasteiger partial charge in [0.2, 0.25) is 0 Å². The number of amides is 2. The number of nitrogens with zero attached hydrogens (tertiary/aromatic N) is 1. The highest BCUT2D eigenvalue weighted by molar-refractivity contribution is 5.83. The molecule has 2 amide bonds. The van der Waals surface area contributed by atoms with Gasteiger partial charge in [0.15, 0.2) is 0 Å². The number of carboxylic acid groups (broad SMARTS) is 1. The summed E-state index contributed by atoms with van der Waals surface area (Å²) in [5.41, 5.74) is 0.919. The maximum Gasteiger partial charge on any atom is 0.326 e. The fourth-order valence-corrected chi connectivity index (χ4v) is 1.75. The molecule has 0 saturated carbocycles. The van der Waals surface area contributed by atoms with Gasteiger partial charge < -0.3 is 20.3 Å². The third kappa shape index (κ3) is 3.97. The topological polar surface area (TPSA) is 104 Å². The Hall–Kier alpha value is -2.05. The van der Waals surface area contributed by atoms with E-state index in [2.05, 4.69) is 15.8 Å². The molecule has 7 nitrogen and oxygen atoms in total. The number of rotatable bonds is 4. The van der Waals surface area contributed by atoms with Gasteiger partial charge in [0.1, 0.15) is 11.8 Å². The van der Waals surface area contributed by atoms with Crippen LogP contribution in [-0.2, 0) is 11.3 Å². The molecule has 1 atom stereocenters. The Kier molecular flexibility index (Phi) is 4.75. The second kappa shape index (κ2) is 5.94. The Morgan fingerprint density at radius 3 is 2.35 bits per heavy atom. The van der Waals surface area contributed by atoms with E-state index in [1.165, 1.54) is 0 Å². The van der Waals surface area contributed by atoms with Crippen LogP contribution in [0.4, 0.5) is 4.79 Å². The van der Waals surface area contributed by atoms with E-state index in [1.807, 2.05) is 0 Å². The molecule has 0 aliphatic heterocycles. The van der Waals surface area contributed by atoms with Gasteiger partial charge in [-0.25, -0.2) is 9.59 Å². The minimum absolute atomic E-state index is 0.240. The minimum atomic E-state index is -1.06. The Balaban J connectivity index is 2.62. The van der Waals surface area contributed by atoms with Crippen LogP contribution in [0, 0.1) is 19.3 Å². The molecule has 0 aromatic carbocycles. The lowest BCUT2D eigenvalue weighted by Gasteiger charge is -2.27. The van der Waals surface area contributed by atoms with E-state index >= 15 is 0 Å². The SMILES string of the molecule is Cc1noc(C)c1CNC(=O)N[C@@H](C(=O)O)C(C)(C)C. The van der Waals surface area contributed by atoms with E-state index in [1.54, 1.807) is 34.6 Å². The number of carbonyl (C=O) groups excluding carboxylic acids is 1. The largest absolute Gasteiger partial charge is 0.480 e. The molecule has 0 fully saturated rings. The number of carbonyl (C=O) groups is 2. The third-order valence-corrected chi connectivity index (χ3v) is 3.00. The number of carboxylic acids is 1. The Morgan fingerprint density at radius 2 is 1.95 bits per heavy atom. The standard InChI is InChI=1S/C13H21N3O4/c1-7-9(8(2)20-16-7)6-14-12(19)15-10(11(17)18)13(3,4)5/h10H,6H2,1-5H3,(H,17,18)(H2,14,15,19)/t10-/m0/s1. The molecular formula is C13H21N3O4. The number of nitrogens with one attached hydrogen (secondary N) is 2. The lowest BCUT2D eigenvalue weighted by atomic mass is 9.87. The molecule has 1 aromatic heterocycles. The van der Waals surface area contributed by atoms with E-state index in [9.17, 15) is 9.59 Å². The first-order valence-electron chi connectivity index (χ1n) is 6.32. The van der Waals surface area contributed by atoms with Crippen molar-refractivity contribution in [3.8, 4) is 0 Å². The second-order valence-electron chi connectivity index (χ2n) is 5.77. The first kappa shape index (κ1) is 16.0. The molecule has 0 radical (unpaired) electrons. The van der Waals surface area contributed by atoms with Crippen LogP contribution in [0.15, 0.2) is 4.52 Å². The van der Waals surface area contributed by atoms with Crippen molar-refractivity contribution in [2.45, 2.75) is 47.2 Å². The number of hydrogen-bond acceptors (Lipinski definition) is 4. The van der Waals surface area contributed by atoms with Crippen LogP contribution in [0.2, 0.25) is 0 Å². The van der Waals surface area contributed by atoms with E-state index in [-0.39, 0.29) is 6.54 Å². The number of urea groups is 1. The molecule has 7 heteroatoms. The van der Waals surface area contributed by atoms with E-state index in [4.69, 9.17) is 9.63 Å². The van der Waals surface area contributed by atoms with Crippen LogP contribution in [0.25, 0.3) is 0 Å². The summed E-state index contributed by atoms with van der Waals surface area (Å²) in [4.78, 5) is 22.9. The molecule has 1 rings (SSSR count). The van der Waals surface area contributed by atoms with Crippen molar-refractivity contribution in [3.63, 3.8) is 0 Å². The molecule has 0 spiro atoms. The van der Waals surface area contributed by atoms with Crippen molar-refractivity contribution in [1.29, 1.82) is 0 Å². The summed E-state index contributed by atoms with van der Waals surface area (Å²) in [6.45, 7) is 9.02. The fraction of sp³-hybridized carbons (Fsp3) is 0.615. The highest BCUT2D eigenvalue weighted by atomic mass is 16.5. The van der Waals surface area contributed by atoms with E-state index in [0.29, 0.717) is 11.5 Å². The molecule has 0 saturated heterocycles. The maximum atomic E-state index is 11.8. The highest BCUT2D eigenvalue weighted by Gasteiger charge is 2.32. The maximum absolute atomic E-state index is 11.8. The van der Waals surface area contributed by atoms with Crippen molar-refractivity contribution < 1.29 is 19.2 Å². The van der Waals surface area contributed by atoms with Crippen molar-refractivity contribution in [1.82, 2.24) is 15.8 Å². The lowest BCUT2D eigenvalue weighted by molar-refractivity contribution is -0.141. The van der Waals surface area contributed by atoms with Crippen LogP contribution in [0.3, 0.4) is 0 Å². The van der Waals surface area contributed by atoms with E-state index in [0.717, 1.165) is 5.56 Å². The van der Waals surface area contributed by atoms with Crippen LogP contribution >= 0.6 is 0 Å². The average molecular weight is 283 g/mol. The van der Waals surface area contributed by atoms with Gasteiger partial charge in [-0.3, -0.25) is 0 Å². The number of aromatic nitrogens is 1. The zero-order valence-electron chi connectivity index (χ0n) is 12.4. The first-order valence-corrected chi connectivity index (χ1v) is 6.32. The summed E-state index contributed by atoms with van der Waals surface area (Å²) in [6, 6.07) is -1.50. The monoisotopic (exact) mass is 283 g/mol. The molecule has 0 unspecified atom stereocenters. The predicted molar refractivity (Wildman–Crippen MR) is 72.2 cm³/mol. The molecule has 0 aliphatic rings. The van der Waals surface area contributed by atoms with Gasteiger partial charge in [-0.1, -0.05) is 25.9 Å². The molecule has 20 heavy (non-hydrogen) atoms. The van der Waals surface area contributed by atoms with Gasteiger partial charge in [-0.05, 0) is 19.3 Å². The third-order valence-electron chi connectivity index (χ3n) is 3.00. The summed E-state index contributed by atoms with van der Waals surface area (Å²) in [5, 5.41) is 18.0. The van der Waals surface area contributed by atoms with Crippen LogP contribution in [0.1, 0.15) is 37.8 Å². The van der Waals surface area contributed by atoms with Gasteiger partial charge in [0, 0.05) is 12.1 Å². The Bertz CT molecular complexity index is 483. The number of aryl methyl sites for hydroxylation is 2. The molecule has 112 valence electrons. The smallest absolute Gasteiger partial charge is 0.326 e. The predicted octanol–water partition coefficient (Wildman–Crippen LogP) is 1.59. The normalized spacial score (nSPS) is 12.8. The zero-order chi connectivity index (χ0) is 15.5. The summed E-state index contributed by atoms with van der Waals surface area (Å²) in [6.07, 6.45) is 0. The van der Waals surface area contributed by atoms with Gasteiger partial charge in [-0.15, -0.1) is 0 Å². The number of aliphatic carboxylic acids is 1. The second-order valence-corrected chi connectivity index (χ2v) is 5.77. The van der Waals surface area contributed by atoms with Gasteiger partial charge in [0.05, 0.1) is 5.69 Å². The molecular weight excluding hydrogens is 262 g/mol. The van der Waals surface area contributed by atoms with Crippen molar-refractivity contribution in [2.75, 3.05) is 0 Å². The molecule has 3 N–H and O–H groups in total. The van der Waals surface area contributed by atoms with E-state index < -0.39 is 23.5 Å². The van der Waals surface area contributed by atoms with Gasteiger partial charge >= 0.3 is 12.0 Å². The number of hydrogen-bond donors (Lipinski definition) is 3. The lowest BCUT2D eigenvalue weighted by Crippen LogP contribution is -2.52. The van der Waals surface area contributed by atoms with Crippen LogP contribution in [-0.4, -0.2) is 28.3 Å². The zero-order valence-corrected chi connectivity index (χ0v) is 12.4.